The zero-order chi connectivity index (χ0) is 14.3. The van der Waals surface area contributed by atoms with Crippen LogP contribution in [0.15, 0.2) is 0 Å². The van der Waals surface area contributed by atoms with Gasteiger partial charge in [-0.15, -0.1) is 0 Å². The van der Waals surface area contributed by atoms with Crippen molar-refractivity contribution in [1.82, 2.24) is 10.6 Å². The third kappa shape index (κ3) is 6.42. The molecule has 0 aliphatic heterocycles. The van der Waals surface area contributed by atoms with Gasteiger partial charge in [-0.3, -0.25) is 4.79 Å². The third-order valence-electron chi connectivity index (χ3n) is 4.16. The molecule has 0 heterocycles. The van der Waals surface area contributed by atoms with Crippen molar-refractivity contribution in [2.75, 3.05) is 6.54 Å². The number of carbonyl (C=O) groups excluding carboxylic acids is 1. The highest BCUT2D eigenvalue weighted by atomic mass is 16.2. The summed E-state index contributed by atoms with van der Waals surface area (Å²) in [6, 6.07) is 0.431. The molecule has 0 aromatic heterocycles. The van der Waals surface area contributed by atoms with E-state index in [1.165, 1.54) is 38.5 Å². The van der Waals surface area contributed by atoms with Crippen molar-refractivity contribution >= 4 is 5.91 Å². The lowest BCUT2D eigenvalue weighted by Crippen LogP contribution is -2.49. The number of carbonyl (C=O) groups is 1. The average Bonchev–Trinajstić information content (AvgIpc) is 2.33. The number of unbranched alkanes of at least 4 members (excludes halogenated alkanes) is 2. The van der Waals surface area contributed by atoms with Crippen LogP contribution < -0.4 is 10.6 Å². The van der Waals surface area contributed by atoms with E-state index < -0.39 is 0 Å². The number of hydrogen-bond acceptors (Lipinski definition) is 2. The minimum atomic E-state index is -0.0690. The minimum absolute atomic E-state index is 0.0690. The topological polar surface area (TPSA) is 41.1 Å². The highest BCUT2D eigenvalue weighted by Gasteiger charge is 2.29. The molecule has 0 bridgehead atoms. The molecule has 2 atom stereocenters. The van der Waals surface area contributed by atoms with Crippen LogP contribution in [0.3, 0.4) is 0 Å². The lowest BCUT2D eigenvalue weighted by Gasteiger charge is -2.36. The first-order valence-corrected chi connectivity index (χ1v) is 7.98. The van der Waals surface area contributed by atoms with E-state index in [4.69, 9.17) is 0 Å². The highest BCUT2D eigenvalue weighted by molar-refractivity contribution is 5.81. The van der Waals surface area contributed by atoms with Gasteiger partial charge < -0.3 is 10.6 Å². The van der Waals surface area contributed by atoms with Gasteiger partial charge in [0.1, 0.15) is 0 Å². The molecule has 1 fully saturated rings. The molecular weight excluding hydrogens is 236 g/mol. The predicted octanol–water partition coefficient (Wildman–Crippen LogP) is 3.24. The van der Waals surface area contributed by atoms with Crippen molar-refractivity contribution in [3.63, 3.8) is 0 Å². The second kappa shape index (κ2) is 7.88. The molecule has 2 unspecified atom stereocenters. The number of amides is 1. The maximum atomic E-state index is 12.0. The van der Waals surface area contributed by atoms with Crippen LogP contribution in [-0.4, -0.2) is 24.5 Å². The summed E-state index contributed by atoms with van der Waals surface area (Å²) < 4.78 is 0. The summed E-state index contributed by atoms with van der Waals surface area (Å²) >= 11 is 0. The van der Waals surface area contributed by atoms with Crippen molar-refractivity contribution < 1.29 is 4.79 Å². The normalized spacial score (nSPS) is 23.9. The van der Waals surface area contributed by atoms with E-state index in [9.17, 15) is 4.79 Å². The Morgan fingerprint density at radius 2 is 2.11 bits per heavy atom. The lowest BCUT2D eigenvalue weighted by molar-refractivity contribution is -0.123. The Morgan fingerprint density at radius 1 is 1.37 bits per heavy atom. The molecule has 1 rings (SSSR count). The highest BCUT2D eigenvalue weighted by Crippen LogP contribution is 2.35. The van der Waals surface area contributed by atoms with Crippen LogP contribution in [0, 0.1) is 5.41 Å². The van der Waals surface area contributed by atoms with Crippen LogP contribution in [-0.2, 0) is 4.79 Å². The number of rotatable bonds is 7. The second-order valence-corrected chi connectivity index (χ2v) is 6.84. The van der Waals surface area contributed by atoms with Crippen LogP contribution in [0.2, 0.25) is 0 Å². The van der Waals surface area contributed by atoms with Gasteiger partial charge in [0.15, 0.2) is 0 Å². The van der Waals surface area contributed by atoms with Crippen molar-refractivity contribution in [3.05, 3.63) is 0 Å². The zero-order valence-electron chi connectivity index (χ0n) is 13.2. The molecule has 1 aliphatic rings. The quantitative estimate of drug-likeness (QED) is 0.696. The maximum Gasteiger partial charge on any atom is 0.236 e. The van der Waals surface area contributed by atoms with Gasteiger partial charge in [-0.2, -0.15) is 0 Å². The molecule has 3 nitrogen and oxygen atoms in total. The second-order valence-electron chi connectivity index (χ2n) is 6.84. The van der Waals surface area contributed by atoms with E-state index in [0.717, 1.165) is 13.0 Å². The van der Waals surface area contributed by atoms with Crippen LogP contribution in [0.4, 0.5) is 0 Å². The smallest absolute Gasteiger partial charge is 0.236 e. The van der Waals surface area contributed by atoms with E-state index >= 15 is 0 Å². The fourth-order valence-electron chi connectivity index (χ4n) is 3.01. The molecule has 1 saturated carbocycles. The molecule has 19 heavy (non-hydrogen) atoms. The van der Waals surface area contributed by atoms with Crippen molar-refractivity contribution in [2.24, 2.45) is 5.41 Å². The number of nitrogens with one attached hydrogen (secondary N) is 2. The molecule has 0 spiro atoms. The molecule has 0 aromatic rings. The third-order valence-corrected chi connectivity index (χ3v) is 4.16. The first kappa shape index (κ1) is 16.5. The molecule has 0 radical (unpaired) electrons. The van der Waals surface area contributed by atoms with Gasteiger partial charge in [0.05, 0.1) is 6.04 Å². The van der Waals surface area contributed by atoms with Gasteiger partial charge >= 0.3 is 0 Å². The van der Waals surface area contributed by atoms with E-state index in [1.807, 2.05) is 6.92 Å². The van der Waals surface area contributed by atoms with Crippen molar-refractivity contribution in [3.8, 4) is 0 Å². The summed E-state index contributed by atoms with van der Waals surface area (Å²) in [7, 11) is 0. The summed E-state index contributed by atoms with van der Waals surface area (Å²) in [6.07, 6.45) is 8.45. The van der Waals surface area contributed by atoms with Gasteiger partial charge in [-0.1, -0.05) is 40.0 Å². The predicted molar refractivity (Wildman–Crippen MR) is 81.2 cm³/mol. The van der Waals surface area contributed by atoms with Gasteiger partial charge in [0.2, 0.25) is 5.91 Å². The van der Waals surface area contributed by atoms with Gasteiger partial charge in [-0.25, -0.2) is 0 Å². The standard InChI is InChI=1S/C16H32N2O/c1-5-6-7-11-17-15(19)13(2)18-14-9-8-10-16(3,4)12-14/h13-14,18H,5-12H2,1-4H3,(H,17,19). The van der Waals surface area contributed by atoms with Gasteiger partial charge in [-0.05, 0) is 38.0 Å². The fraction of sp³-hybridized carbons (Fsp3) is 0.938. The molecule has 0 aromatic carbocycles. The Morgan fingerprint density at radius 3 is 2.74 bits per heavy atom. The van der Waals surface area contributed by atoms with E-state index in [1.54, 1.807) is 0 Å². The Labute approximate surface area is 118 Å². The summed E-state index contributed by atoms with van der Waals surface area (Å²) in [4.78, 5) is 12.0. The summed E-state index contributed by atoms with van der Waals surface area (Å²) in [6.45, 7) is 9.63. The van der Waals surface area contributed by atoms with E-state index in [0.29, 0.717) is 11.5 Å². The van der Waals surface area contributed by atoms with Gasteiger partial charge in [0, 0.05) is 12.6 Å². The molecular formula is C16H32N2O. The van der Waals surface area contributed by atoms with E-state index in [2.05, 4.69) is 31.4 Å². The largest absolute Gasteiger partial charge is 0.355 e. The van der Waals surface area contributed by atoms with Crippen LogP contribution >= 0.6 is 0 Å². The fourth-order valence-corrected chi connectivity index (χ4v) is 3.01. The van der Waals surface area contributed by atoms with Crippen LogP contribution in [0.25, 0.3) is 0 Å². The Bertz CT molecular complexity index is 276. The minimum Gasteiger partial charge on any atom is -0.355 e. The molecule has 2 N–H and O–H groups in total. The molecule has 1 aliphatic carbocycles. The monoisotopic (exact) mass is 268 g/mol. The van der Waals surface area contributed by atoms with Crippen molar-refractivity contribution in [2.45, 2.75) is 84.7 Å². The Kier molecular flexibility index (Phi) is 6.84. The first-order valence-electron chi connectivity index (χ1n) is 7.98. The average molecular weight is 268 g/mol. The number of hydrogen-bond donors (Lipinski definition) is 2. The first-order chi connectivity index (χ1) is 8.94. The molecule has 1 amide bonds. The summed E-state index contributed by atoms with van der Waals surface area (Å²) in [5, 5.41) is 6.53. The van der Waals surface area contributed by atoms with Crippen LogP contribution in [0.5, 0.6) is 0 Å². The maximum absolute atomic E-state index is 12.0. The molecule has 0 saturated heterocycles. The molecule has 3 heteroatoms. The van der Waals surface area contributed by atoms with E-state index in [-0.39, 0.29) is 11.9 Å². The summed E-state index contributed by atoms with van der Waals surface area (Å²) in [5.41, 5.74) is 0.424. The van der Waals surface area contributed by atoms with Gasteiger partial charge in [0.25, 0.3) is 0 Å². The van der Waals surface area contributed by atoms with Crippen molar-refractivity contribution in [1.29, 1.82) is 0 Å². The SMILES string of the molecule is CCCCCNC(=O)C(C)NC1CCCC(C)(C)C1. The summed E-state index contributed by atoms with van der Waals surface area (Å²) in [5.74, 6) is 0.152. The Balaban J connectivity index is 2.25. The zero-order valence-corrected chi connectivity index (χ0v) is 13.2. The Hall–Kier alpha value is -0.570. The molecule has 112 valence electrons. The lowest BCUT2D eigenvalue weighted by atomic mass is 9.75. The van der Waals surface area contributed by atoms with Crippen LogP contribution in [0.1, 0.15) is 72.6 Å².